The van der Waals surface area contributed by atoms with E-state index in [0.717, 1.165) is 5.52 Å². The van der Waals surface area contributed by atoms with E-state index in [9.17, 15) is 9.90 Å². The number of fused-ring (bicyclic) bond motifs is 1. The first-order chi connectivity index (χ1) is 13.9. The van der Waals surface area contributed by atoms with Gasteiger partial charge in [-0.05, 0) is 32.0 Å². The lowest BCUT2D eigenvalue weighted by Gasteiger charge is -2.31. The number of carbonyl (C=O) groups is 1. The molecule has 0 spiro atoms. The number of benzene rings is 1. The van der Waals surface area contributed by atoms with E-state index in [4.69, 9.17) is 21.3 Å². The molecule has 0 bridgehead atoms. The molecule has 0 unspecified atom stereocenters. The summed E-state index contributed by atoms with van der Waals surface area (Å²) in [4.78, 5) is 25.9. The van der Waals surface area contributed by atoms with Gasteiger partial charge in [-0.1, -0.05) is 11.6 Å². The number of amides is 1. The second-order valence-corrected chi connectivity index (χ2v) is 7.64. The number of hydrogen-bond donors (Lipinski definition) is 2. The Labute approximate surface area is 172 Å². The van der Waals surface area contributed by atoms with Crippen molar-refractivity contribution in [2.24, 2.45) is 0 Å². The smallest absolute Gasteiger partial charge is 0.272 e. The van der Waals surface area contributed by atoms with Crippen LogP contribution < -0.4 is 5.32 Å². The molecule has 0 saturated carbocycles. The SMILES string of the molecule is CCn1c([C@@H](NC(=O)c2cnc(C)cn2)[C@]2(O)CCOC2)nc2cc(Cl)ccc21. The van der Waals surface area contributed by atoms with Crippen molar-refractivity contribution in [2.45, 2.75) is 38.5 Å². The van der Waals surface area contributed by atoms with Gasteiger partial charge in [0.15, 0.2) is 0 Å². The van der Waals surface area contributed by atoms with E-state index in [1.54, 1.807) is 19.1 Å². The van der Waals surface area contributed by atoms with Crippen LogP contribution in [0.25, 0.3) is 11.0 Å². The molecule has 1 saturated heterocycles. The van der Waals surface area contributed by atoms with Crippen molar-refractivity contribution in [1.29, 1.82) is 0 Å². The predicted octanol–water partition coefficient (Wildman–Crippen LogP) is 2.43. The number of carbonyl (C=O) groups excluding carboxylic acids is 1. The van der Waals surface area contributed by atoms with E-state index < -0.39 is 17.6 Å². The summed E-state index contributed by atoms with van der Waals surface area (Å²) in [6.07, 6.45) is 3.32. The Bertz CT molecular complexity index is 1040. The molecule has 1 aliphatic rings. The minimum Gasteiger partial charge on any atom is -0.385 e. The summed E-state index contributed by atoms with van der Waals surface area (Å²) in [5.41, 5.74) is 1.18. The lowest BCUT2D eigenvalue weighted by molar-refractivity contribution is -0.0101. The van der Waals surface area contributed by atoms with Crippen LogP contribution in [-0.4, -0.2) is 49.3 Å². The third-order valence-electron chi connectivity index (χ3n) is 5.17. The van der Waals surface area contributed by atoms with E-state index in [2.05, 4.69) is 15.3 Å². The van der Waals surface area contributed by atoms with Gasteiger partial charge in [-0.15, -0.1) is 0 Å². The fourth-order valence-corrected chi connectivity index (χ4v) is 3.79. The average Bonchev–Trinajstić information content (AvgIpc) is 3.30. The molecule has 1 fully saturated rings. The van der Waals surface area contributed by atoms with Gasteiger partial charge in [0.05, 0.1) is 29.5 Å². The van der Waals surface area contributed by atoms with Gasteiger partial charge in [0.1, 0.15) is 23.2 Å². The van der Waals surface area contributed by atoms with Crippen molar-refractivity contribution >= 4 is 28.5 Å². The fourth-order valence-electron chi connectivity index (χ4n) is 3.63. The van der Waals surface area contributed by atoms with Gasteiger partial charge in [-0.2, -0.15) is 0 Å². The lowest BCUT2D eigenvalue weighted by atomic mass is 9.92. The maximum Gasteiger partial charge on any atom is 0.272 e. The van der Waals surface area contributed by atoms with Gasteiger partial charge in [0.2, 0.25) is 0 Å². The lowest BCUT2D eigenvalue weighted by Crippen LogP contribution is -2.48. The highest BCUT2D eigenvalue weighted by Gasteiger charge is 2.45. The second kappa shape index (κ2) is 7.70. The van der Waals surface area contributed by atoms with Gasteiger partial charge in [0, 0.05) is 30.8 Å². The molecule has 1 aliphatic heterocycles. The monoisotopic (exact) mass is 415 g/mol. The van der Waals surface area contributed by atoms with Crippen LogP contribution in [0.15, 0.2) is 30.6 Å². The van der Waals surface area contributed by atoms with Gasteiger partial charge in [0.25, 0.3) is 5.91 Å². The van der Waals surface area contributed by atoms with E-state index in [1.165, 1.54) is 12.4 Å². The molecule has 3 heterocycles. The van der Waals surface area contributed by atoms with Crippen LogP contribution in [0.5, 0.6) is 0 Å². The van der Waals surface area contributed by atoms with Crippen LogP contribution in [0, 0.1) is 6.92 Å². The first kappa shape index (κ1) is 19.8. The summed E-state index contributed by atoms with van der Waals surface area (Å²) in [6, 6.07) is 4.67. The van der Waals surface area contributed by atoms with E-state index in [0.29, 0.717) is 41.6 Å². The predicted molar refractivity (Wildman–Crippen MR) is 108 cm³/mol. The maximum absolute atomic E-state index is 12.9. The Hall–Kier alpha value is -2.55. The van der Waals surface area contributed by atoms with Gasteiger partial charge in [-0.25, -0.2) is 9.97 Å². The van der Waals surface area contributed by atoms with Crippen LogP contribution in [-0.2, 0) is 11.3 Å². The minimum absolute atomic E-state index is 0.102. The minimum atomic E-state index is -1.29. The number of halogens is 1. The summed E-state index contributed by atoms with van der Waals surface area (Å²) in [6.45, 7) is 4.90. The highest BCUT2D eigenvalue weighted by atomic mass is 35.5. The molecule has 0 aliphatic carbocycles. The molecule has 1 aromatic carbocycles. The Kier molecular flexibility index (Phi) is 5.24. The first-order valence-corrected chi connectivity index (χ1v) is 9.84. The zero-order valence-electron chi connectivity index (χ0n) is 16.2. The highest BCUT2D eigenvalue weighted by molar-refractivity contribution is 6.31. The number of nitrogens with one attached hydrogen (secondary N) is 1. The molecule has 9 heteroatoms. The quantitative estimate of drug-likeness (QED) is 0.663. The third kappa shape index (κ3) is 3.71. The van der Waals surface area contributed by atoms with Crippen molar-refractivity contribution in [3.8, 4) is 0 Å². The van der Waals surface area contributed by atoms with E-state index >= 15 is 0 Å². The molecule has 152 valence electrons. The largest absolute Gasteiger partial charge is 0.385 e. The third-order valence-corrected chi connectivity index (χ3v) is 5.41. The van der Waals surface area contributed by atoms with Crippen molar-refractivity contribution in [1.82, 2.24) is 24.8 Å². The van der Waals surface area contributed by atoms with E-state index in [-0.39, 0.29) is 12.3 Å². The molecule has 4 rings (SSSR count). The molecule has 29 heavy (non-hydrogen) atoms. The number of imidazole rings is 1. The Morgan fingerprint density at radius 2 is 2.24 bits per heavy atom. The topological polar surface area (TPSA) is 102 Å². The first-order valence-electron chi connectivity index (χ1n) is 9.46. The van der Waals surface area contributed by atoms with Gasteiger partial charge in [-0.3, -0.25) is 9.78 Å². The van der Waals surface area contributed by atoms with Gasteiger partial charge >= 0.3 is 0 Å². The van der Waals surface area contributed by atoms with Crippen molar-refractivity contribution in [3.63, 3.8) is 0 Å². The number of aromatic nitrogens is 4. The summed E-state index contributed by atoms with van der Waals surface area (Å²) in [7, 11) is 0. The van der Waals surface area contributed by atoms with Crippen LogP contribution in [0.2, 0.25) is 5.02 Å². The Balaban J connectivity index is 1.78. The van der Waals surface area contributed by atoms with Crippen molar-refractivity contribution in [3.05, 3.63) is 52.8 Å². The molecule has 2 atom stereocenters. The zero-order chi connectivity index (χ0) is 20.6. The van der Waals surface area contributed by atoms with Crippen LogP contribution >= 0.6 is 11.6 Å². The van der Waals surface area contributed by atoms with E-state index in [1.807, 2.05) is 17.6 Å². The number of hydrogen-bond acceptors (Lipinski definition) is 6. The summed E-state index contributed by atoms with van der Waals surface area (Å²) in [5.74, 6) is 0.113. The Morgan fingerprint density at radius 3 is 2.90 bits per heavy atom. The van der Waals surface area contributed by atoms with Crippen molar-refractivity contribution in [2.75, 3.05) is 13.2 Å². The van der Waals surface area contributed by atoms with Gasteiger partial charge < -0.3 is 19.7 Å². The molecule has 2 N–H and O–H groups in total. The molecular formula is C20H22ClN5O3. The summed E-state index contributed by atoms with van der Waals surface area (Å²) < 4.78 is 7.41. The zero-order valence-corrected chi connectivity index (χ0v) is 17.0. The van der Waals surface area contributed by atoms with Crippen LogP contribution in [0.4, 0.5) is 0 Å². The average molecular weight is 416 g/mol. The molecule has 8 nitrogen and oxygen atoms in total. The molecule has 0 radical (unpaired) electrons. The summed E-state index contributed by atoms with van der Waals surface area (Å²) >= 11 is 6.13. The van der Waals surface area contributed by atoms with Crippen molar-refractivity contribution < 1.29 is 14.6 Å². The summed E-state index contributed by atoms with van der Waals surface area (Å²) in [5, 5.41) is 14.8. The molecule has 3 aromatic rings. The second-order valence-electron chi connectivity index (χ2n) is 7.20. The number of aliphatic hydroxyl groups is 1. The molecular weight excluding hydrogens is 394 g/mol. The number of ether oxygens (including phenoxy) is 1. The highest BCUT2D eigenvalue weighted by Crippen LogP contribution is 2.35. The molecule has 1 amide bonds. The standard InChI is InChI=1S/C20H22ClN5O3/c1-3-26-16-5-4-13(21)8-14(16)24-18(26)17(20(28)6-7-29-11-20)25-19(27)15-10-22-12(2)9-23-15/h4-5,8-10,17,28H,3,6-7,11H2,1-2H3,(H,25,27)/t17-,20+/m1/s1. The number of rotatable bonds is 5. The normalized spacial score (nSPS) is 20.1. The van der Waals surface area contributed by atoms with Crippen LogP contribution in [0.1, 0.15) is 41.4 Å². The number of aryl methyl sites for hydroxylation is 2. The Morgan fingerprint density at radius 1 is 1.41 bits per heavy atom. The fraction of sp³-hybridized carbons (Fsp3) is 0.400. The molecule has 2 aromatic heterocycles. The maximum atomic E-state index is 12.9. The number of nitrogens with zero attached hydrogens (tertiary/aromatic N) is 4. The van der Waals surface area contributed by atoms with Crippen LogP contribution in [0.3, 0.4) is 0 Å².